The molecule has 0 fully saturated rings. The zero-order valence-electron chi connectivity index (χ0n) is 3.60. The Labute approximate surface area is 36.9 Å². The molecule has 1 nitrogen and oxygen atoms in total. The average molecular weight is 79.1 g/mol. The molecule has 1 heteroatoms. The quantitative estimate of drug-likeness (QED) is 0.386. The van der Waals surface area contributed by atoms with Crippen molar-refractivity contribution in [1.29, 1.82) is 0 Å². The summed E-state index contributed by atoms with van der Waals surface area (Å²) in [6, 6.07) is 0. The van der Waals surface area contributed by atoms with Crippen LogP contribution in [-0.4, -0.2) is 11.9 Å². The van der Waals surface area contributed by atoms with Crippen LogP contribution in [0.5, 0.6) is 0 Å². The molecule has 6 heavy (non-hydrogen) atoms. The number of rotatable bonds is 0. The van der Waals surface area contributed by atoms with Gasteiger partial charge in [-0.2, -0.15) is 0 Å². The van der Waals surface area contributed by atoms with E-state index in [1.807, 2.05) is 24.3 Å². The van der Waals surface area contributed by atoms with E-state index < -0.39 is 0 Å². The first-order valence-corrected chi connectivity index (χ1v) is 1.79. The third-order valence-corrected chi connectivity index (χ3v) is 0.620. The van der Waals surface area contributed by atoms with Gasteiger partial charge in [0.05, 0.1) is 12.4 Å². The van der Waals surface area contributed by atoms with Gasteiger partial charge >= 0.3 is 0 Å². The first-order chi connectivity index (χ1) is 2.89. The number of hydrogen-bond donors (Lipinski definition) is 0. The first kappa shape index (κ1) is 3.30. The minimum absolute atomic E-state index is 1.82. The topological polar surface area (TPSA) is 3.24 Å². The lowest BCUT2D eigenvalue weighted by Gasteiger charge is -1.95. The highest BCUT2D eigenvalue weighted by molar-refractivity contribution is 4.95. The fourth-order valence-corrected chi connectivity index (χ4v) is 0.315. The van der Waals surface area contributed by atoms with Crippen LogP contribution in [-0.2, 0) is 0 Å². The summed E-state index contributed by atoms with van der Waals surface area (Å²) in [4.78, 5) is 1.89. The molecule has 0 aromatic carbocycles. The van der Waals surface area contributed by atoms with E-state index in [1.54, 1.807) is 0 Å². The van der Waals surface area contributed by atoms with Crippen LogP contribution >= 0.6 is 0 Å². The van der Waals surface area contributed by atoms with E-state index in [0.29, 0.717) is 0 Å². The lowest BCUT2D eigenvalue weighted by atomic mass is 10.9. The summed E-state index contributed by atoms with van der Waals surface area (Å²) in [7, 11) is 1.94. The summed E-state index contributed by atoms with van der Waals surface area (Å²) in [6.45, 7) is 0. The Morgan fingerprint density at radius 1 is 1.33 bits per heavy atom. The molecule has 1 aliphatic heterocycles. The Bertz CT molecular complexity index is 118. The predicted molar refractivity (Wildman–Crippen MR) is 23.9 cm³/mol. The Morgan fingerprint density at radius 3 is 2.00 bits per heavy atom. The van der Waals surface area contributed by atoms with Crippen LogP contribution in [0, 0.1) is 0 Å². The minimum atomic E-state index is 1.82. The molecule has 0 unspecified atom stereocenters. The van der Waals surface area contributed by atoms with E-state index in [1.165, 1.54) is 0 Å². The van der Waals surface area contributed by atoms with Crippen molar-refractivity contribution in [3.8, 4) is 0 Å². The Morgan fingerprint density at radius 2 is 1.83 bits per heavy atom. The molecule has 1 aliphatic rings. The second kappa shape index (κ2) is 1.06. The molecule has 0 N–H and O–H groups in total. The smallest absolute Gasteiger partial charge is 0.0551 e. The molecule has 0 atom stereocenters. The van der Waals surface area contributed by atoms with Gasteiger partial charge in [-0.1, -0.05) is 11.5 Å². The van der Waals surface area contributed by atoms with E-state index in [-0.39, 0.29) is 0 Å². The van der Waals surface area contributed by atoms with Gasteiger partial charge in [0.1, 0.15) is 0 Å². The molecule has 1 heterocycles. The zero-order valence-corrected chi connectivity index (χ0v) is 3.60. The molecular weight excluding hydrogens is 74.1 g/mol. The summed E-state index contributed by atoms with van der Waals surface area (Å²) in [5.74, 6) is 0. The standard InChI is InChI=1S/C5H5N/c1-6-4-2-3-5-6/h4-5H,1H3. The van der Waals surface area contributed by atoms with Crippen molar-refractivity contribution in [2.24, 2.45) is 0 Å². The molecule has 0 aromatic rings. The van der Waals surface area contributed by atoms with E-state index >= 15 is 0 Å². The first-order valence-electron chi connectivity index (χ1n) is 1.79. The highest BCUT2D eigenvalue weighted by Gasteiger charge is 1.78. The molecule has 0 amide bonds. The normalized spacial score (nSPS) is 14.5. The summed E-state index contributed by atoms with van der Waals surface area (Å²) >= 11 is 0. The van der Waals surface area contributed by atoms with Crippen LogP contribution in [0.2, 0.25) is 0 Å². The fourth-order valence-electron chi connectivity index (χ4n) is 0.315. The highest BCUT2D eigenvalue weighted by Crippen LogP contribution is 1.85. The van der Waals surface area contributed by atoms with Crippen molar-refractivity contribution in [2.45, 2.75) is 0 Å². The maximum Gasteiger partial charge on any atom is 0.0551 e. The van der Waals surface area contributed by atoms with E-state index in [4.69, 9.17) is 0 Å². The van der Waals surface area contributed by atoms with Gasteiger partial charge in [-0.05, 0) is 0 Å². The van der Waals surface area contributed by atoms with E-state index in [2.05, 4.69) is 11.5 Å². The van der Waals surface area contributed by atoms with Crippen molar-refractivity contribution >= 4 is 0 Å². The van der Waals surface area contributed by atoms with Crippen molar-refractivity contribution < 1.29 is 0 Å². The lowest BCUT2D eigenvalue weighted by Crippen LogP contribution is -1.94. The molecule has 1 rings (SSSR count). The van der Waals surface area contributed by atoms with Crippen molar-refractivity contribution in [3.05, 3.63) is 23.9 Å². The average Bonchev–Trinajstić information content (AvgIpc) is 1.86. The van der Waals surface area contributed by atoms with Crippen LogP contribution in [0.1, 0.15) is 0 Å². The SMILES string of the molecule is CN1C=C=C=C1. The van der Waals surface area contributed by atoms with E-state index in [0.717, 1.165) is 0 Å². The van der Waals surface area contributed by atoms with Gasteiger partial charge in [0.2, 0.25) is 0 Å². The van der Waals surface area contributed by atoms with Gasteiger partial charge in [-0.15, -0.1) is 0 Å². The third kappa shape index (κ3) is 0.367. The summed E-state index contributed by atoms with van der Waals surface area (Å²) in [5, 5.41) is 0. The summed E-state index contributed by atoms with van der Waals surface area (Å²) < 4.78 is 0. The zero-order chi connectivity index (χ0) is 4.41. The number of nitrogens with zero attached hydrogens (tertiary/aromatic N) is 1. The molecule has 0 aromatic heterocycles. The molecule has 0 saturated carbocycles. The summed E-state index contributed by atoms with van der Waals surface area (Å²) in [5.41, 5.74) is 5.53. The van der Waals surface area contributed by atoms with E-state index in [9.17, 15) is 0 Å². The molecule has 0 bridgehead atoms. The van der Waals surface area contributed by atoms with Gasteiger partial charge in [0.15, 0.2) is 0 Å². The Balaban J connectivity index is 2.89. The lowest BCUT2D eigenvalue weighted by molar-refractivity contribution is 0.637. The van der Waals surface area contributed by atoms with Crippen molar-refractivity contribution in [3.63, 3.8) is 0 Å². The monoisotopic (exact) mass is 79.0 g/mol. The molecule has 30 valence electrons. The van der Waals surface area contributed by atoms with Crippen LogP contribution in [0.15, 0.2) is 23.9 Å². The third-order valence-electron chi connectivity index (χ3n) is 0.620. The van der Waals surface area contributed by atoms with Crippen LogP contribution < -0.4 is 0 Å². The van der Waals surface area contributed by atoms with Crippen LogP contribution in [0.3, 0.4) is 0 Å². The Kier molecular flexibility index (Phi) is 0.582. The second-order valence-electron chi connectivity index (χ2n) is 1.21. The largest absolute Gasteiger partial charge is 0.343 e. The fraction of sp³-hybridized carbons (Fsp3) is 0.200. The Hall–Kier alpha value is -0.900. The van der Waals surface area contributed by atoms with Gasteiger partial charge in [-0.25, -0.2) is 0 Å². The maximum atomic E-state index is 2.77. The van der Waals surface area contributed by atoms with Crippen molar-refractivity contribution in [1.82, 2.24) is 4.90 Å². The van der Waals surface area contributed by atoms with Gasteiger partial charge in [0.25, 0.3) is 0 Å². The molecule has 0 saturated heterocycles. The van der Waals surface area contributed by atoms with Gasteiger partial charge in [0, 0.05) is 7.05 Å². The predicted octanol–water partition coefficient (Wildman–Crippen LogP) is 0.713. The maximum absolute atomic E-state index is 2.77. The molecule has 0 aliphatic carbocycles. The highest BCUT2D eigenvalue weighted by atomic mass is 15.0. The van der Waals surface area contributed by atoms with Crippen molar-refractivity contribution in [2.75, 3.05) is 7.05 Å². The number of hydrogen-bond acceptors (Lipinski definition) is 1. The molecular formula is C5H5N. The van der Waals surface area contributed by atoms with Crippen LogP contribution in [0.4, 0.5) is 0 Å². The summed E-state index contributed by atoms with van der Waals surface area (Å²) in [6.07, 6.45) is 3.64. The van der Waals surface area contributed by atoms with Gasteiger partial charge in [-0.3, -0.25) is 0 Å². The molecule has 0 spiro atoms. The molecule has 0 radical (unpaired) electrons. The minimum Gasteiger partial charge on any atom is -0.343 e. The van der Waals surface area contributed by atoms with Crippen LogP contribution in [0.25, 0.3) is 0 Å². The second-order valence-corrected chi connectivity index (χ2v) is 1.21. The van der Waals surface area contributed by atoms with Gasteiger partial charge < -0.3 is 4.90 Å².